The molecule has 0 bridgehead atoms. The minimum Gasteiger partial charge on any atom is -0.478 e. The van der Waals surface area contributed by atoms with Crippen LogP contribution in [0.25, 0.3) is 27.8 Å². The number of hydrogen-bond donors (Lipinski definition) is 1. The molecule has 30 heavy (non-hydrogen) atoms. The second kappa shape index (κ2) is 6.39. The van der Waals surface area contributed by atoms with Crippen LogP contribution in [0.4, 0.5) is 8.78 Å². The van der Waals surface area contributed by atoms with E-state index >= 15 is 0 Å². The third kappa shape index (κ3) is 3.00. The Bertz CT molecular complexity index is 1330. The summed E-state index contributed by atoms with van der Waals surface area (Å²) < 4.78 is 38.3. The van der Waals surface area contributed by atoms with Crippen LogP contribution in [0.3, 0.4) is 0 Å². The summed E-state index contributed by atoms with van der Waals surface area (Å²) in [5, 5.41) is 10.6. The average Bonchev–Trinajstić information content (AvgIpc) is 3.32. The third-order valence-electron chi connectivity index (χ3n) is 4.56. The molecule has 0 saturated carbocycles. The van der Waals surface area contributed by atoms with Crippen LogP contribution in [0, 0.1) is 0 Å². The number of carboxylic acid groups (broad SMARTS) is 1. The monoisotopic (exact) mass is 429 g/mol. The van der Waals surface area contributed by atoms with Crippen LogP contribution < -0.4 is 9.47 Å². The summed E-state index contributed by atoms with van der Waals surface area (Å²) in [5.41, 5.74) is 1.12. The lowest BCUT2D eigenvalue weighted by Crippen LogP contribution is -2.26. The third-order valence-corrected chi connectivity index (χ3v) is 4.80. The van der Waals surface area contributed by atoms with Crippen LogP contribution in [-0.4, -0.2) is 31.9 Å². The van der Waals surface area contributed by atoms with Gasteiger partial charge in [0.15, 0.2) is 11.5 Å². The molecule has 3 heterocycles. The number of fused-ring (bicyclic) bond motifs is 2. The highest BCUT2D eigenvalue weighted by Crippen LogP contribution is 2.48. The molecular formula is C20H10ClF2N3O4. The number of benzene rings is 2. The lowest BCUT2D eigenvalue weighted by Gasteiger charge is -2.13. The fourth-order valence-corrected chi connectivity index (χ4v) is 3.47. The Balaban J connectivity index is 1.82. The number of aromatic carboxylic acids is 1. The number of carboxylic acids is 1. The summed E-state index contributed by atoms with van der Waals surface area (Å²) in [5.74, 6) is -1.99. The van der Waals surface area contributed by atoms with Crippen molar-refractivity contribution in [1.29, 1.82) is 0 Å². The molecule has 0 aliphatic carbocycles. The van der Waals surface area contributed by atoms with Gasteiger partial charge in [-0.05, 0) is 36.4 Å². The Morgan fingerprint density at radius 3 is 2.73 bits per heavy atom. The number of alkyl halides is 2. The lowest BCUT2D eigenvalue weighted by molar-refractivity contribution is -0.286. The van der Waals surface area contributed by atoms with Crippen LogP contribution in [-0.2, 0) is 0 Å². The van der Waals surface area contributed by atoms with Crippen LogP contribution in [0.5, 0.6) is 11.5 Å². The van der Waals surface area contributed by atoms with Crippen molar-refractivity contribution in [2.45, 2.75) is 6.29 Å². The highest BCUT2D eigenvalue weighted by atomic mass is 35.5. The first-order valence-corrected chi connectivity index (χ1v) is 8.95. The van der Waals surface area contributed by atoms with Gasteiger partial charge in [0.1, 0.15) is 0 Å². The van der Waals surface area contributed by atoms with Gasteiger partial charge >= 0.3 is 12.3 Å². The first-order valence-electron chi connectivity index (χ1n) is 8.57. The topological polar surface area (TPSA) is 86.5 Å². The lowest BCUT2D eigenvalue weighted by atomic mass is 10.0. The van der Waals surface area contributed by atoms with Gasteiger partial charge in [-0.15, -0.1) is 8.78 Å². The maximum atomic E-state index is 13.7. The number of hydrogen-bond acceptors (Lipinski definition) is 5. The number of pyridine rings is 1. The van der Waals surface area contributed by atoms with E-state index in [4.69, 9.17) is 11.6 Å². The van der Waals surface area contributed by atoms with Crippen molar-refractivity contribution in [3.8, 4) is 28.4 Å². The summed E-state index contributed by atoms with van der Waals surface area (Å²) in [7, 11) is 0. The molecule has 10 heteroatoms. The Hall–Kier alpha value is -3.72. The highest BCUT2D eigenvalue weighted by molar-refractivity contribution is 6.31. The fourth-order valence-electron chi connectivity index (χ4n) is 3.30. The quantitative estimate of drug-likeness (QED) is 0.505. The molecule has 0 radical (unpaired) electrons. The molecule has 0 saturated heterocycles. The van der Waals surface area contributed by atoms with Gasteiger partial charge in [0.05, 0.1) is 28.8 Å². The number of carbonyl (C=O) groups is 1. The van der Waals surface area contributed by atoms with Crippen molar-refractivity contribution in [2.75, 3.05) is 0 Å². The molecule has 0 spiro atoms. The van der Waals surface area contributed by atoms with Crippen molar-refractivity contribution in [2.24, 2.45) is 0 Å². The highest BCUT2D eigenvalue weighted by Gasteiger charge is 2.45. The molecular weight excluding hydrogens is 420 g/mol. The van der Waals surface area contributed by atoms with E-state index in [1.54, 1.807) is 47.6 Å². The molecule has 1 aliphatic heterocycles. The van der Waals surface area contributed by atoms with Gasteiger partial charge in [0.25, 0.3) is 0 Å². The van der Waals surface area contributed by atoms with Gasteiger partial charge in [-0.1, -0.05) is 11.6 Å². The molecule has 0 amide bonds. The normalized spacial score (nSPS) is 14.2. The van der Waals surface area contributed by atoms with Crippen LogP contribution in [0.15, 0.2) is 55.1 Å². The molecule has 2 aromatic heterocycles. The van der Waals surface area contributed by atoms with E-state index in [0.717, 1.165) is 11.5 Å². The molecule has 2 aromatic carbocycles. The second-order valence-corrected chi connectivity index (χ2v) is 6.92. The summed E-state index contributed by atoms with van der Waals surface area (Å²) >= 11 is 6.11. The molecule has 0 fully saturated rings. The van der Waals surface area contributed by atoms with Crippen molar-refractivity contribution in [3.63, 3.8) is 0 Å². The fraction of sp³-hybridized carbons (Fsp3) is 0.0500. The number of imidazole rings is 1. The molecule has 5 rings (SSSR count). The maximum absolute atomic E-state index is 13.7. The van der Waals surface area contributed by atoms with E-state index in [2.05, 4.69) is 19.4 Å². The van der Waals surface area contributed by atoms with Gasteiger partial charge in [-0.2, -0.15) is 0 Å². The van der Waals surface area contributed by atoms with E-state index in [-0.39, 0.29) is 28.3 Å². The van der Waals surface area contributed by atoms with Crippen molar-refractivity contribution in [1.82, 2.24) is 14.5 Å². The standard InChI is InChI=1S/C20H10ClF2N3O4/c21-11-1-2-12-14(7-11)25-15(8-16(12)26-4-3-24-9-26)13-5-10(19(27)28)6-17-18(13)30-20(22,23)29-17/h1-9H,(H,27,28). The van der Waals surface area contributed by atoms with E-state index < -0.39 is 12.3 Å². The number of halogens is 3. The molecule has 7 nitrogen and oxygen atoms in total. The largest absolute Gasteiger partial charge is 0.586 e. The minimum absolute atomic E-state index is 0.0466. The van der Waals surface area contributed by atoms with E-state index in [0.29, 0.717) is 16.2 Å². The van der Waals surface area contributed by atoms with Gasteiger partial charge in [0.2, 0.25) is 0 Å². The molecule has 1 aliphatic rings. The molecule has 0 unspecified atom stereocenters. The van der Waals surface area contributed by atoms with Crippen molar-refractivity contribution < 1.29 is 28.2 Å². The summed E-state index contributed by atoms with van der Waals surface area (Å²) in [6, 6.07) is 8.91. The van der Waals surface area contributed by atoms with Gasteiger partial charge in [-0.25, -0.2) is 14.8 Å². The van der Waals surface area contributed by atoms with E-state index in [9.17, 15) is 18.7 Å². The second-order valence-electron chi connectivity index (χ2n) is 6.48. The zero-order valence-electron chi connectivity index (χ0n) is 14.8. The van der Waals surface area contributed by atoms with E-state index in [1.165, 1.54) is 6.07 Å². The number of nitrogens with zero attached hydrogens (tertiary/aromatic N) is 3. The summed E-state index contributed by atoms with van der Waals surface area (Å²) in [6.07, 6.45) is 0.946. The van der Waals surface area contributed by atoms with Crippen LogP contribution >= 0.6 is 11.6 Å². The predicted molar refractivity (Wildman–Crippen MR) is 102 cm³/mol. The minimum atomic E-state index is -3.92. The van der Waals surface area contributed by atoms with Gasteiger partial charge in [-0.3, -0.25) is 0 Å². The summed E-state index contributed by atoms with van der Waals surface area (Å²) in [4.78, 5) is 20.1. The van der Waals surface area contributed by atoms with Crippen LogP contribution in [0.2, 0.25) is 5.02 Å². The SMILES string of the molecule is O=C(O)c1cc2c(c(-c3cc(-n4ccnc4)c4ccc(Cl)cc4n3)c1)OC(F)(F)O2. The molecule has 4 aromatic rings. The van der Waals surface area contributed by atoms with Gasteiger partial charge < -0.3 is 19.1 Å². The van der Waals surface area contributed by atoms with Crippen molar-refractivity contribution >= 4 is 28.5 Å². The number of ether oxygens (including phenoxy) is 2. The zero-order chi connectivity index (χ0) is 21.0. The zero-order valence-corrected chi connectivity index (χ0v) is 15.6. The van der Waals surface area contributed by atoms with Gasteiger partial charge in [0, 0.05) is 28.4 Å². The molecule has 0 atom stereocenters. The molecule has 1 N–H and O–H groups in total. The Morgan fingerprint density at radius 1 is 1.17 bits per heavy atom. The molecule has 150 valence electrons. The average molecular weight is 430 g/mol. The number of aromatic nitrogens is 3. The Kier molecular flexibility index (Phi) is 3.90. The van der Waals surface area contributed by atoms with Crippen molar-refractivity contribution in [3.05, 3.63) is 65.7 Å². The maximum Gasteiger partial charge on any atom is 0.586 e. The van der Waals surface area contributed by atoms with E-state index in [1.807, 2.05) is 0 Å². The number of rotatable bonds is 3. The smallest absolute Gasteiger partial charge is 0.478 e. The van der Waals surface area contributed by atoms with Crippen LogP contribution in [0.1, 0.15) is 10.4 Å². The Morgan fingerprint density at radius 2 is 2.00 bits per heavy atom. The first kappa shape index (κ1) is 18.3. The Labute approximate surface area is 172 Å². The first-order chi connectivity index (χ1) is 14.3. The summed E-state index contributed by atoms with van der Waals surface area (Å²) in [6.45, 7) is 0. The predicted octanol–water partition coefficient (Wildman–Crippen LogP) is 4.76.